The van der Waals surface area contributed by atoms with Gasteiger partial charge in [0.05, 0.1) is 5.92 Å². The number of hydrogen-bond donors (Lipinski definition) is 1. The molecule has 1 unspecified atom stereocenters. The van der Waals surface area contributed by atoms with Gasteiger partial charge in [0.1, 0.15) is 0 Å². The Bertz CT molecular complexity index is 208. The Morgan fingerprint density at radius 2 is 1.41 bits per heavy atom. The molecule has 0 aliphatic rings. The highest BCUT2D eigenvalue weighted by Crippen LogP contribution is 2.00. The summed E-state index contributed by atoms with van der Waals surface area (Å²) in [5.74, 6) is -1.02. The molecular weight excluding hydrogens is 218 g/mol. The van der Waals surface area contributed by atoms with E-state index in [0.29, 0.717) is 6.54 Å². The van der Waals surface area contributed by atoms with Crippen LogP contribution in [0.15, 0.2) is 0 Å². The first-order valence-corrected chi connectivity index (χ1v) is 6.07. The predicted octanol–water partition coefficient (Wildman–Crippen LogP) is 0.132. The van der Waals surface area contributed by atoms with Gasteiger partial charge in [-0.25, -0.2) is 0 Å². The standard InChI is InChI=1S/C12H27N3O2/c1-11(12(16)17)10-15(8-6-13(2)3)9-7-14(4)5/h11H,6-10H2,1-5H3,(H,16,17). The molecule has 0 spiro atoms. The van der Waals surface area contributed by atoms with Gasteiger partial charge in [0, 0.05) is 32.7 Å². The third-order valence-electron chi connectivity index (χ3n) is 2.68. The molecule has 0 aromatic rings. The Morgan fingerprint density at radius 3 is 1.71 bits per heavy atom. The van der Waals surface area contributed by atoms with E-state index in [4.69, 9.17) is 5.11 Å². The number of carbonyl (C=O) groups is 1. The van der Waals surface area contributed by atoms with Gasteiger partial charge in [-0.05, 0) is 28.2 Å². The lowest BCUT2D eigenvalue weighted by molar-refractivity contribution is -0.141. The maximum atomic E-state index is 10.9. The molecule has 0 amide bonds. The molecule has 0 bridgehead atoms. The number of carboxylic acid groups (broad SMARTS) is 1. The minimum absolute atomic E-state index is 0.306. The lowest BCUT2D eigenvalue weighted by Crippen LogP contribution is -2.40. The molecule has 0 aromatic carbocycles. The fourth-order valence-corrected chi connectivity index (χ4v) is 1.44. The zero-order chi connectivity index (χ0) is 13.4. The van der Waals surface area contributed by atoms with Crippen LogP contribution in [-0.4, -0.2) is 86.7 Å². The third kappa shape index (κ3) is 9.09. The van der Waals surface area contributed by atoms with E-state index in [1.165, 1.54) is 0 Å². The van der Waals surface area contributed by atoms with Crippen molar-refractivity contribution < 1.29 is 9.90 Å². The first-order valence-electron chi connectivity index (χ1n) is 6.07. The third-order valence-corrected chi connectivity index (χ3v) is 2.68. The molecule has 0 rings (SSSR count). The van der Waals surface area contributed by atoms with Crippen molar-refractivity contribution in [3.63, 3.8) is 0 Å². The van der Waals surface area contributed by atoms with E-state index < -0.39 is 5.97 Å². The van der Waals surface area contributed by atoms with E-state index in [0.717, 1.165) is 26.2 Å². The SMILES string of the molecule is CC(CN(CCN(C)C)CCN(C)C)C(=O)O. The number of likely N-dealkylation sites (N-methyl/N-ethyl adjacent to an activating group) is 2. The van der Waals surface area contributed by atoms with Crippen LogP contribution in [0.1, 0.15) is 6.92 Å². The Labute approximate surface area is 105 Å². The second kappa shape index (κ2) is 8.44. The fraction of sp³-hybridized carbons (Fsp3) is 0.917. The van der Waals surface area contributed by atoms with Crippen molar-refractivity contribution in [3.8, 4) is 0 Å². The van der Waals surface area contributed by atoms with Crippen LogP contribution >= 0.6 is 0 Å². The molecule has 0 saturated carbocycles. The molecule has 0 radical (unpaired) electrons. The first kappa shape index (κ1) is 16.4. The van der Waals surface area contributed by atoms with Crippen molar-refractivity contribution in [1.29, 1.82) is 0 Å². The van der Waals surface area contributed by atoms with Gasteiger partial charge in [-0.2, -0.15) is 0 Å². The van der Waals surface area contributed by atoms with Crippen molar-refractivity contribution in [3.05, 3.63) is 0 Å². The topological polar surface area (TPSA) is 47.0 Å². The van der Waals surface area contributed by atoms with Crippen LogP contribution in [0.3, 0.4) is 0 Å². The number of nitrogens with zero attached hydrogens (tertiary/aromatic N) is 3. The van der Waals surface area contributed by atoms with Gasteiger partial charge < -0.3 is 14.9 Å². The summed E-state index contributed by atoms with van der Waals surface area (Å²) in [6.07, 6.45) is 0. The highest BCUT2D eigenvalue weighted by atomic mass is 16.4. The van der Waals surface area contributed by atoms with Crippen LogP contribution in [0.2, 0.25) is 0 Å². The maximum Gasteiger partial charge on any atom is 0.307 e. The molecule has 5 nitrogen and oxygen atoms in total. The molecule has 17 heavy (non-hydrogen) atoms. The number of aliphatic carboxylic acids is 1. The Balaban J connectivity index is 4.14. The zero-order valence-corrected chi connectivity index (χ0v) is 11.8. The van der Waals surface area contributed by atoms with Gasteiger partial charge in [0.25, 0.3) is 0 Å². The smallest absolute Gasteiger partial charge is 0.307 e. The maximum absolute atomic E-state index is 10.9. The van der Waals surface area contributed by atoms with E-state index in [2.05, 4.69) is 14.7 Å². The van der Waals surface area contributed by atoms with Crippen LogP contribution in [0, 0.1) is 5.92 Å². The molecule has 1 N–H and O–H groups in total. The highest BCUT2D eigenvalue weighted by Gasteiger charge is 2.16. The summed E-state index contributed by atoms with van der Waals surface area (Å²) >= 11 is 0. The summed E-state index contributed by atoms with van der Waals surface area (Å²) in [5, 5.41) is 8.94. The van der Waals surface area contributed by atoms with Gasteiger partial charge in [-0.3, -0.25) is 9.69 Å². The molecule has 0 aromatic heterocycles. The van der Waals surface area contributed by atoms with Crippen LogP contribution in [0.25, 0.3) is 0 Å². The van der Waals surface area contributed by atoms with Gasteiger partial charge >= 0.3 is 5.97 Å². The Morgan fingerprint density at radius 1 is 1.00 bits per heavy atom. The van der Waals surface area contributed by atoms with Crippen LogP contribution in [0.4, 0.5) is 0 Å². The van der Waals surface area contributed by atoms with Gasteiger partial charge in [0.2, 0.25) is 0 Å². The van der Waals surface area contributed by atoms with E-state index in [1.54, 1.807) is 6.92 Å². The van der Waals surface area contributed by atoms with E-state index in [1.807, 2.05) is 28.2 Å². The molecule has 0 aliphatic carbocycles. The quantitative estimate of drug-likeness (QED) is 0.626. The average Bonchev–Trinajstić information content (AvgIpc) is 2.21. The zero-order valence-electron chi connectivity index (χ0n) is 11.8. The average molecular weight is 245 g/mol. The molecule has 0 fully saturated rings. The molecule has 0 heterocycles. The number of hydrogen-bond acceptors (Lipinski definition) is 4. The second-order valence-electron chi connectivity index (χ2n) is 5.15. The van der Waals surface area contributed by atoms with Crippen molar-refractivity contribution in [2.75, 3.05) is 60.9 Å². The predicted molar refractivity (Wildman–Crippen MR) is 70.3 cm³/mol. The van der Waals surface area contributed by atoms with E-state index in [9.17, 15) is 4.79 Å². The van der Waals surface area contributed by atoms with Crippen molar-refractivity contribution in [1.82, 2.24) is 14.7 Å². The number of rotatable bonds is 9. The van der Waals surface area contributed by atoms with Gasteiger partial charge in [0.15, 0.2) is 0 Å². The molecule has 0 aliphatic heterocycles. The number of carboxylic acids is 1. The summed E-state index contributed by atoms with van der Waals surface area (Å²) in [7, 11) is 8.13. The summed E-state index contributed by atoms with van der Waals surface area (Å²) in [6, 6.07) is 0. The van der Waals surface area contributed by atoms with Crippen LogP contribution in [-0.2, 0) is 4.79 Å². The van der Waals surface area contributed by atoms with Crippen molar-refractivity contribution in [2.45, 2.75) is 6.92 Å². The van der Waals surface area contributed by atoms with Crippen LogP contribution < -0.4 is 0 Å². The normalized spacial score (nSPS) is 13.6. The lowest BCUT2D eigenvalue weighted by Gasteiger charge is -2.26. The van der Waals surface area contributed by atoms with Gasteiger partial charge in [-0.15, -0.1) is 0 Å². The lowest BCUT2D eigenvalue weighted by atomic mass is 10.1. The Hall–Kier alpha value is -0.650. The summed E-state index contributed by atoms with van der Waals surface area (Å²) in [6.45, 7) is 6.13. The first-order chi connectivity index (χ1) is 7.82. The molecule has 5 heteroatoms. The minimum atomic E-state index is -0.718. The van der Waals surface area contributed by atoms with Crippen LogP contribution in [0.5, 0.6) is 0 Å². The van der Waals surface area contributed by atoms with Crippen molar-refractivity contribution in [2.24, 2.45) is 5.92 Å². The monoisotopic (exact) mass is 245 g/mol. The van der Waals surface area contributed by atoms with Gasteiger partial charge in [-0.1, -0.05) is 6.92 Å². The summed E-state index contributed by atoms with van der Waals surface area (Å²) in [4.78, 5) is 17.3. The minimum Gasteiger partial charge on any atom is -0.481 e. The molecule has 1 atom stereocenters. The van der Waals surface area contributed by atoms with Crippen molar-refractivity contribution >= 4 is 5.97 Å². The molecule has 0 saturated heterocycles. The largest absolute Gasteiger partial charge is 0.481 e. The summed E-state index contributed by atoms with van der Waals surface area (Å²) in [5.41, 5.74) is 0. The fourth-order valence-electron chi connectivity index (χ4n) is 1.44. The summed E-state index contributed by atoms with van der Waals surface area (Å²) < 4.78 is 0. The van der Waals surface area contributed by atoms with E-state index >= 15 is 0 Å². The highest BCUT2D eigenvalue weighted by molar-refractivity contribution is 5.69. The molecule has 102 valence electrons. The Kier molecular flexibility index (Phi) is 8.12. The van der Waals surface area contributed by atoms with E-state index in [-0.39, 0.29) is 5.92 Å². The second-order valence-corrected chi connectivity index (χ2v) is 5.15. The molecular formula is C12H27N3O2.